The molecule has 332 valence electrons. The smallest absolute Gasteiger partial charge is 0.389 e. The molecule has 6 atom stereocenters. The number of rotatable bonds is 12. The summed E-state index contributed by atoms with van der Waals surface area (Å²) in [4.78, 5) is 65.0. The molecule has 0 spiro atoms. The van der Waals surface area contributed by atoms with Gasteiger partial charge in [0.2, 0.25) is 25.1 Å². The van der Waals surface area contributed by atoms with Gasteiger partial charge in [0.15, 0.2) is 5.13 Å². The molecule has 4 aromatic rings. The van der Waals surface area contributed by atoms with Crippen molar-refractivity contribution in [2.24, 2.45) is 5.92 Å². The number of benzene rings is 2. The van der Waals surface area contributed by atoms with Crippen molar-refractivity contribution in [2.45, 2.75) is 113 Å². The molecular formula is C44H52F3N6O7PS. The van der Waals surface area contributed by atoms with E-state index in [1.165, 1.54) is 16.2 Å². The fourth-order valence-electron chi connectivity index (χ4n) is 8.22. The van der Waals surface area contributed by atoms with Crippen LogP contribution in [0, 0.1) is 5.92 Å². The molecule has 7 rings (SSSR count). The number of pyridine rings is 1. The van der Waals surface area contributed by atoms with E-state index in [2.05, 4.69) is 16.0 Å². The Morgan fingerprint density at radius 3 is 2.63 bits per heavy atom. The summed E-state index contributed by atoms with van der Waals surface area (Å²) in [5, 5.41) is 10.5. The standard InChI is InChI=1S/C44H52F3N6O7PS/c1-27(2)48-42-51-36(26-62-42)35-22-38(32-17-16-30(59-3)20-34(32)49-35)60-31-21-37-40(55)52-43(61(57,58)25-28-12-8-7-9-13-28)23-29(43)14-10-5-4-6-11-15-33(41(56)53(37)24-31)50-39(54)18-19-44(45,46)47/h7-10,12-14,16-17,20,22,26-27,29,31,33,37H,4-6,11,15,18-19,21,23-25H2,1-3H3,(H,48,51)(H,50,54)(H,52,55)(H,57,58)/b14-10-/t29-,31+,33-,37-,43-/m0/s1. The molecule has 1 saturated carbocycles. The Labute approximate surface area is 362 Å². The number of amides is 3. The van der Waals surface area contributed by atoms with Gasteiger partial charge in [0.25, 0.3) is 0 Å². The third-order valence-electron chi connectivity index (χ3n) is 11.5. The molecule has 62 heavy (non-hydrogen) atoms. The molecule has 1 unspecified atom stereocenters. The average Bonchev–Trinajstić information content (AvgIpc) is 3.49. The maximum Gasteiger partial charge on any atom is 0.389 e. The maximum absolute atomic E-state index is 14.7. The van der Waals surface area contributed by atoms with E-state index < -0.39 is 73.5 Å². The molecule has 3 aliphatic rings. The topological polar surface area (TPSA) is 172 Å². The third kappa shape index (κ3) is 10.6. The lowest BCUT2D eigenvalue weighted by Gasteiger charge is -2.31. The summed E-state index contributed by atoms with van der Waals surface area (Å²) in [6.07, 6.45) is -1.17. The molecular weight excluding hydrogens is 845 g/mol. The second kappa shape index (κ2) is 18.8. The minimum atomic E-state index is -4.57. The Morgan fingerprint density at radius 1 is 1.10 bits per heavy atom. The van der Waals surface area contributed by atoms with Crippen LogP contribution in [0.3, 0.4) is 0 Å². The molecule has 0 radical (unpaired) electrons. The average molecular weight is 897 g/mol. The van der Waals surface area contributed by atoms with Crippen molar-refractivity contribution in [3.05, 3.63) is 77.7 Å². The van der Waals surface area contributed by atoms with Crippen LogP contribution in [0.5, 0.6) is 11.5 Å². The zero-order valence-electron chi connectivity index (χ0n) is 34.8. The van der Waals surface area contributed by atoms with Crippen molar-refractivity contribution in [1.29, 1.82) is 0 Å². The molecule has 13 nitrogen and oxygen atoms in total. The number of thiazole rings is 1. The van der Waals surface area contributed by atoms with Crippen LogP contribution in [0.2, 0.25) is 0 Å². The number of hydrogen-bond donors (Lipinski definition) is 4. The summed E-state index contributed by atoms with van der Waals surface area (Å²) in [6, 6.07) is 13.6. The van der Waals surface area contributed by atoms with Crippen molar-refractivity contribution in [3.8, 4) is 22.9 Å². The fourth-order valence-corrected chi connectivity index (χ4v) is 11.4. The van der Waals surface area contributed by atoms with E-state index in [1.807, 2.05) is 31.4 Å². The molecule has 4 N–H and O–H groups in total. The lowest BCUT2D eigenvalue weighted by Crippen LogP contribution is -2.55. The summed E-state index contributed by atoms with van der Waals surface area (Å²) in [5.74, 6) is -1.74. The van der Waals surface area contributed by atoms with E-state index in [0.717, 1.165) is 0 Å². The molecule has 2 aromatic carbocycles. The monoisotopic (exact) mass is 896 g/mol. The van der Waals surface area contributed by atoms with E-state index in [-0.39, 0.29) is 38.0 Å². The molecule has 2 aromatic heterocycles. The first-order chi connectivity index (χ1) is 29.5. The third-order valence-corrected chi connectivity index (χ3v) is 14.9. The molecule has 2 aliphatic heterocycles. The first kappa shape index (κ1) is 45.0. The number of fused-ring (bicyclic) bond motifs is 3. The highest BCUT2D eigenvalue weighted by molar-refractivity contribution is 7.59. The lowest BCUT2D eigenvalue weighted by molar-refractivity contribution is -0.146. The molecule has 4 heterocycles. The maximum atomic E-state index is 14.7. The number of nitrogens with one attached hydrogen (secondary N) is 3. The van der Waals surface area contributed by atoms with Crippen LogP contribution in [0.1, 0.15) is 77.2 Å². The zero-order valence-corrected chi connectivity index (χ0v) is 36.5. The van der Waals surface area contributed by atoms with Crippen molar-refractivity contribution in [1.82, 2.24) is 25.5 Å². The Morgan fingerprint density at radius 2 is 1.89 bits per heavy atom. The van der Waals surface area contributed by atoms with E-state index in [4.69, 9.17) is 19.4 Å². The lowest BCUT2D eigenvalue weighted by atomic mass is 10.0. The van der Waals surface area contributed by atoms with Crippen LogP contribution in [0.25, 0.3) is 22.3 Å². The number of hydrogen-bond acceptors (Lipinski definition) is 10. The Bertz CT molecular complexity index is 2350. The Balaban J connectivity index is 1.23. The predicted octanol–water partition coefficient (Wildman–Crippen LogP) is 8.19. The second-order valence-corrected chi connectivity index (χ2v) is 20.0. The van der Waals surface area contributed by atoms with E-state index in [1.54, 1.807) is 61.7 Å². The van der Waals surface area contributed by atoms with Crippen molar-refractivity contribution in [3.63, 3.8) is 0 Å². The van der Waals surface area contributed by atoms with E-state index in [9.17, 15) is 37.0 Å². The summed E-state index contributed by atoms with van der Waals surface area (Å²) in [7, 11) is -2.60. The van der Waals surface area contributed by atoms with Gasteiger partial charge >= 0.3 is 6.18 Å². The number of aromatic nitrogens is 2. The van der Waals surface area contributed by atoms with Crippen LogP contribution >= 0.6 is 18.7 Å². The first-order valence-electron chi connectivity index (χ1n) is 20.9. The molecule has 3 amide bonds. The highest BCUT2D eigenvalue weighted by Gasteiger charge is 2.66. The SMILES string of the molecule is COc1ccc2c(O[C@@H]3C[C@H]4C(=O)N[C@]5(P(=O)(O)Cc6ccccc6)C[C@@H]5/C=C\CCCCC[C@H](NC(=O)CCC(F)(F)F)C(=O)N4C3)cc(-c3csc(NC(C)C)n3)nc2c1. The van der Waals surface area contributed by atoms with Gasteiger partial charge in [0, 0.05) is 47.7 Å². The zero-order chi connectivity index (χ0) is 44.2. The number of carbonyl (C=O) groups is 3. The number of ether oxygens (including phenoxy) is 2. The normalized spacial score (nSPS) is 24.8. The highest BCUT2D eigenvalue weighted by Crippen LogP contribution is 2.71. The molecule has 0 bridgehead atoms. The van der Waals surface area contributed by atoms with Crippen molar-refractivity contribution in [2.75, 3.05) is 19.0 Å². The van der Waals surface area contributed by atoms with Crippen LogP contribution in [-0.2, 0) is 25.1 Å². The Hall–Kier alpha value is -4.99. The highest BCUT2D eigenvalue weighted by atomic mass is 32.1. The van der Waals surface area contributed by atoms with E-state index >= 15 is 0 Å². The van der Waals surface area contributed by atoms with Gasteiger partial charge in [-0.25, -0.2) is 9.97 Å². The second-order valence-electron chi connectivity index (χ2n) is 16.6. The van der Waals surface area contributed by atoms with Gasteiger partial charge < -0.3 is 35.2 Å². The van der Waals surface area contributed by atoms with Gasteiger partial charge in [0.05, 0.1) is 37.4 Å². The van der Waals surface area contributed by atoms with Crippen LogP contribution in [-0.4, -0.2) is 86.8 Å². The van der Waals surface area contributed by atoms with Crippen molar-refractivity contribution < 1.29 is 46.5 Å². The van der Waals surface area contributed by atoms with Gasteiger partial charge in [0.1, 0.15) is 40.7 Å². The number of anilines is 1. The molecule has 18 heteroatoms. The number of nitrogens with zero attached hydrogens (tertiary/aromatic N) is 3. The van der Waals surface area contributed by atoms with Gasteiger partial charge in [-0.05, 0) is 57.2 Å². The summed E-state index contributed by atoms with van der Waals surface area (Å²) >= 11 is 1.42. The minimum Gasteiger partial charge on any atom is -0.497 e. The van der Waals surface area contributed by atoms with Crippen molar-refractivity contribution >= 4 is 52.5 Å². The number of halogens is 3. The number of carbonyl (C=O) groups excluding carboxylic acids is 3. The quantitative estimate of drug-likeness (QED) is 0.0803. The molecule has 1 aliphatic carbocycles. The Kier molecular flexibility index (Phi) is 13.6. The summed E-state index contributed by atoms with van der Waals surface area (Å²) < 4.78 is 66.0. The van der Waals surface area contributed by atoms with Crippen LogP contribution < -0.4 is 25.4 Å². The summed E-state index contributed by atoms with van der Waals surface area (Å²) in [6.45, 7) is 3.88. The van der Waals surface area contributed by atoms with Gasteiger partial charge in [-0.2, -0.15) is 13.2 Å². The minimum absolute atomic E-state index is 0.0359. The first-order valence-corrected chi connectivity index (χ1v) is 23.7. The number of allylic oxidation sites excluding steroid dienone is 1. The van der Waals surface area contributed by atoms with Gasteiger partial charge in [-0.3, -0.25) is 18.9 Å². The number of alkyl halides is 3. The number of methoxy groups -OCH3 is 1. The van der Waals surface area contributed by atoms with Gasteiger partial charge in [-0.15, -0.1) is 11.3 Å². The molecule has 1 saturated heterocycles. The predicted molar refractivity (Wildman–Crippen MR) is 231 cm³/mol. The van der Waals surface area contributed by atoms with E-state index in [0.29, 0.717) is 70.2 Å². The largest absolute Gasteiger partial charge is 0.497 e. The van der Waals surface area contributed by atoms with Gasteiger partial charge in [-0.1, -0.05) is 55.3 Å². The molecule has 2 fully saturated rings. The fraction of sp³-hybridized carbons (Fsp3) is 0.477. The van der Waals surface area contributed by atoms with Crippen LogP contribution in [0.15, 0.2) is 72.1 Å². The summed E-state index contributed by atoms with van der Waals surface area (Å²) in [5.41, 5.74) is 2.27. The van der Waals surface area contributed by atoms with Crippen LogP contribution in [0.4, 0.5) is 18.3 Å².